The summed E-state index contributed by atoms with van der Waals surface area (Å²) in [5.74, 6) is 0.0777. The first kappa shape index (κ1) is 28.1. The van der Waals surface area contributed by atoms with Gasteiger partial charge < -0.3 is 19.9 Å². The molecule has 1 atom stereocenters. The lowest BCUT2D eigenvalue weighted by Gasteiger charge is -2.27. The van der Waals surface area contributed by atoms with Crippen molar-refractivity contribution < 1.29 is 19.0 Å². The fourth-order valence-electron chi connectivity index (χ4n) is 4.32. The first-order chi connectivity index (χ1) is 19.8. The number of carbonyl (C=O) groups is 1. The van der Waals surface area contributed by atoms with Crippen molar-refractivity contribution in [1.29, 1.82) is 5.26 Å². The van der Waals surface area contributed by atoms with Gasteiger partial charge in [-0.15, -0.1) is 0 Å². The zero-order chi connectivity index (χ0) is 28.9. The van der Waals surface area contributed by atoms with Gasteiger partial charge in [-0.1, -0.05) is 71.2 Å². The van der Waals surface area contributed by atoms with Gasteiger partial charge in [0.2, 0.25) is 5.88 Å². The van der Waals surface area contributed by atoms with Gasteiger partial charge in [0.15, 0.2) is 0 Å². The molecular weight excluding hydrogens is 583 g/mol. The summed E-state index contributed by atoms with van der Waals surface area (Å²) in [6, 6.07) is 26.9. The molecule has 1 unspecified atom stereocenters. The highest BCUT2D eigenvalue weighted by atomic mass is 35.5. The maximum Gasteiger partial charge on any atom is 0.336 e. The minimum absolute atomic E-state index is 0.0294. The van der Waals surface area contributed by atoms with Gasteiger partial charge in [0, 0.05) is 32.8 Å². The number of nitriles is 1. The lowest BCUT2D eigenvalue weighted by molar-refractivity contribution is -0.128. The van der Waals surface area contributed by atoms with Crippen LogP contribution in [-0.4, -0.2) is 5.97 Å². The minimum atomic E-state index is -0.616. The quantitative estimate of drug-likeness (QED) is 0.130. The van der Waals surface area contributed by atoms with Crippen LogP contribution >= 0.6 is 34.8 Å². The number of esters is 1. The fourth-order valence-corrected chi connectivity index (χ4v) is 4.92. The maximum absolute atomic E-state index is 12.5. The van der Waals surface area contributed by atoms with Crippen molar-refractivity contribution in [3.05, 3.63) is 140 Å². The minimum Gasteiger partial charge on any atom is -0.489 e. The monoisotopic (exact) mass is 602 g/mol. The Hall–Kier alpha value is -4.41. The van der Waals surface area contributed by atoms with Crippen LogP contribution < -0.4 is 19.9 Å². The molecule has 9 heteroatoms. The number of carbonyl (C=O) groups excluding carboxylic acids is 1. The largest absolute Gasteiger partial charge is 0.489 e. The van der Waals surface area contributed by atoms with E-state index in [1.165, 1.54) is 12.2 Å². The zero-order valence-electron chi connectivity index (χ0n) is 21.3. The molecule has 0 saturated heterocycles. The standard InChI is InChI=1S/C32H21Cl3N2O4/c33-22-8-4-19(5-9-22)18-39-24-3-1-2-21(14-24)31-26-12-11-25(16-29(26)41-32(37)27(31)17-36)40-30(38)13-7-20-6-10-23(34)15-28(20)35/h1-16,31H,18,37H2/b13-7+. The van der Waals surface area contributed by atoms with Crippen molar-refractivity contribution in [3.8, 4) is 23.3 Å². The van der Waals surface area contributed by atoms with Crippen molar-refractivity contribution in [2.24, 2.45) is 5.73 Å². The fraction of sp³-hybridized carbons (Fsp3) is 0.0625. The van der Waals surface area contributed by atoms with Gasteiger partial charge >= 0.3 is 5.97 Å². The van der Waals surface area contributed by atoms with E-state index in [-0.39, 0.29) is 17.2 Å². The molecule has 0 bridgehead atoms. The second-order valence-corrected chi connectivity index (χ2v) is 10.3. The van der Waals surface area contributed by atoms with Crippen molar-refractivity contribution in [2.75, 3.05) is 0 Å². The van der Waals surface area contributed by atoms with E-state index in [4.69, 9.17) is 54.7 Å². The van der Waals surface area contributed by atoms with Gasteiger partial charge in [0.25, 0.3) is 0 Å². The number of allylic oxidation sites excluding steroid dienone is 1. The predicted molar refractivity (Wildman–Crippen MR) is 159 cm³/mol. The topological polar surface area (TPSA) is 94.6 Å². The van der Waals surface area contributed by atoms with E-state index in [1.54, 1.807) is 48.5 Å². The summed E-state index contributed by atoms with van der Waals surface area (Å²) in [4.78, 5) is 12.5. The molecule has 0 fully saturated rings. The molecule has 4 aromatic rings. The summed E-state index contributed by atoms with van der Waals surface area (Å²) < 4.78 is 17.2. The Morgan fingerprint density at radius 3 is 2.49 bits per heavy atom. The lowest BCUT2D eigenvalue weighted by atomic mass is 9.83. The van der Waals surface area contributed by atoms with Crippen LogP contribution in [0.2, 0.25) is 15.1 Å². The molecule has 41 heavy (non-hydrogen) atoms. The third-order valence-electron chi connectivity index (χ3n) is 6.28. The molecule has 0 saturated carbocycles. The Labute approximate surface area is 251 Å². The second-order valence-electron chi connectivity index (χ2n) is 9.03. The lowest BCUT2D eigenvalue weighted by Crippen LogP contribution is -2.21. The molecule has 0 radical (unpaired) electrons. The molecule has 2 N–H and O–H groups in total. The zero-order valence-corrected chi connectivity index (χ0v) is 23.6. The average molecular weight is 604 g/mol. The normalized spacial score (nSPS) is 14.2. The number of nitrogens with two attached hydrogens (primary N) is 1. The molecular formula is C32H21Cl3N2O4. The third kappa shape index (κ3) is 6.67. The Bertz CT molecular complexity index is 1730. The van der Waals surface area contributed by atoms with Crippen LogP contribution in [0.15, 0.2) is 102 Å². The Morgan fingerprint density at radius 2 is 1.73 bits per heavy atom. The van der Waals surface area contributed by atoms with E-state index in [2.05, 4.69) is 6.07 Å². The second kappa shape index (κ2) is 12.4. The molecule has 1 heterocycles. The highest BCUT2D eigenvalue weighted by molar-refractivity contribution is 6.35. The number of fused-ring (bicyclic) bond motifs is 1. The van der Waals surface area contributed by atoms with Gasteiger partial charge in [0.1, 0.15) is 35.5 Å². The molecule has 1 aliphatic heterocycles. The third-order valence-corrected chi connectivity index (χ3v) is 7.10. The van der Waals surface area contributed by atoms with Gasteiger partial charge in [0.05, 0.1) is 5.92 Å². The van der Waals surface area contributed by atoms with Crippen molar-refractivity contribution in [3.63, 3.8) is 0 Å². The summed E-state index contributed by atoms with van der Waals surface area (Å²) in [6.07, 6.45) is 2.80. The van der Waals surface area contributed by atoms with Crippen LogP contribution in [0.1, 0.15) is 28.2 Å². The highest BCUT2D eigenvalue weighted by Gasteiger charge is 2.31. The van der Waals surface area contributed by atoms with Crippen molar-refractivity contribution in [2.45, 2.75) is 12.5 Å². The Balaban J connectivity index is 1.36. The van der Waals surface area contributed by atoms with Gasteiger partial charge in [-0.05, 0) is 65.2 Å². The highest BCUT2D eigenvalue weighted by Crippen LogP contribution is 2.44. The van der Waals surface area contributed by atoms with Crippen molar-refractivity contribution >= 4 is 46.8 Å². The van der Waals surface area contributed by atoms with Crippen LogP contribution in [0.5, 0.6) is 17.2 Å². The number of hydrogen-bond donors (Lipinski definition) is 1. The van der Waals surface area contributed by atoms with Crippen LogP contribution in [0.4, 0.5) is 0 Å². The molecule has 5 rings (SSSR count). The van der Waals surface area contributed by atoms with E-state index < -0.39 is 11.9 Å². The first-order valence-corrected chi connectivity index (χ1v) is 13.5. The van der Waals surface area contributed by atoms with Crippen molar-refractivity contribution in [1.82, 2.24) is 0 Å². The Kier molecular flexibility index (Phi) is 8.51. The number of rotatable bonds is 7. The number of hydrogen-bond acceptors (Lipinski definition) is 6. The van der Waals surface area contributed by atoms with E-state index in [1.807, 2.05) is 36.4 Å². The smallest absolute Gasteiger partial charge is 0.336 e. The molecule has 0 spiro atoms. The number of benzene rings is 4. The van der Waals surface area contributed by atoms with Crippen LogP contribution in [-0.2, 0) is 11.4 Å². The first-order valence-electron chi connectivity index (χ1n) is 12.3. The number of ether oxygens (including phenoxy) is 3. The van der Waals surface area contributed by atoms with Crippen LogP contribution in [0, 0.1) is 11.3 Å². The summed E-state index contributed by atoms with van der Waals surface area (Å²) in [5, 5.41) is 11.5. The molecule has 1 aliphatic rings. The molecule has 4 aromatic carbocycles. The molecule has 0 aromatic heterocycles. The van der Waals surface area contributed by atoms with Crippen LogP contribution in [0.3, 0.4) is 0 Å². The summed E-state index contributed by atoms with van der Waals surface area (Å²) in [6.45, 7) is 0.349. The summed E-state index contributed by atoms with van der Waals surface area (Å²) >= 11 is 18.0. The van der Waals surface area contributed by atoms with Gasteiger partial charge in [-0.25, -0.2) is 4.79 Å². The number of nitrogens with zero attached hydrogens (tertiary/aromatic N) is 1. The summed E-state index contributed by atoms with van der Waals surface area (Å²) in [5.41, 5.74) is 9.48. The van der Waals surface area contributed by atoms with Gasteiger partial charge in [-0.2, -0.15) is 5.26 Å². The number of halogens is 3. The SMILES string of the molecule is N#CC1=C(N)Oc2cc(OC(=O)/C=C/c3ccc(Cl)cc3Cl)ccc2C1c1cccc(OCc2ccc(Cl)cc2)c1. The van der Waals surface area contributed by atoms with E-state index in [0.717, 1.165) is 11.1 Å². The molecule has 6 nitrogen and oxygen atoms in total. The van der Waals surface area contributed by atoms with E-state index >= 15 is 0 Å². The van der Waals surface area contributed by atoms with E-state index in [9.17, 15) is 10.1 Å². The molecule has 0 amide bonds. The van der Waals surface area contributed by atoms with E-state index in [0.29, 0.717) is 44.3 Å². The molecule has 0 aliphatic carbocycles. The Morgan fingerprint density at radius 1 is 0.951 bits per heavy atom. The molecule has 204 valence electrons. The average Bonchev–Trinajstić information content (AvgIpc) is 2.96. The van der Waals surface area contributed by atoms with Crippen LogP contribution in [0.25, 0.3) is 6.08 Å². The van der Waals surface area contributed by atoms with Gasteiger partial charge in [-0.3, -0.25) is 0 Å². The predicted octanol–water partition coefficient (Wildman–Crippen LogP) is 8.06. The summed E-state index contributed by atoms with van der Waals surface area (Å²) in [7, 11) is 0. The maximum atomic E-state index is 12.5.